The van der Waals surface area contributed by atoms with Gasteiger partial charge in [-0.2, -0.15) is 0 Å². The molecule has 10 nitrogen and oxygen atoms in total. The van der Waals surface area contributed by atoms with Gasteiger partial charge in [0.25, 0.3) is 12.6 Å². The number of rotatable bonds is 14. The third kappa shape index (κ3) is 10.7. The van der Waals surface area contributed by atoms with Gasteiger partial charge in [-0.15, -0.1) is 0 Å². The van der Waals surface area contributed by atoms with E-state index >= 15 is 0 Å². The Morgan fingerprint density at radius 3 is 1.51 bits per heavy atom. The van der Waals surface area contributed by atoms with Crippen molar-refractivity contribution in [2.24, 2.45) is 11.8 Å². The predicted molar refractivity (Wildman–Crippen MR) is 192 cm³/mol. The van der Waals surface area contributed by atoms with Crippen molar-refractivity contribution in [3.05, 3.63) is 111 Å². The van der Waals surface area contributed by atoms with Crippen LogP contribution in [-0.2, 0) is 23.9 Å². The number of pyridine rings is 1. The Labute approximate surface area is 311 Å². The highest BCUT2D eigenvalue weighted by Gasteiger charge is 2.39. The maximum Gasteiger partial charge on any atom is 0.355 e. The molecule has 270 valence electrons. The van der Waals surface area contributed by atoms with Gasteiger partial charge in [0.05, 0.1) is 28.7 Å². The Morgan fingerprint density at radius 1 is 0.647 bits per heavy atom. The van der Waals surface area contributed by atoms with Crippen molar-refractivity contribution in [1.82, 2.24) is 4.98 Å². The minimum absolute atomic E-state index is 0.0161. The van der Waals surface area contributed by atoms with E-state index in [0.29, 0.717) is 20.8 Å². The molecule has 0 aliphatic heterocycles. The van der Waals surface area contributed by atoms with E-state index in [0.717, 1.165) is 0 Å². The lowest BCUT2D eigenvalue weighted by Crippen LogP contribution is -2.42. The Bertz CT molecular complexity index is 1830. The average Bonchev–Trinajstić information content (AvgIpc) is 3.07. The normalized spacial score (nSPS) is 12.5. The van der Waals surface area contributed by atoms with E-state index in [-0.39, 0.29) is 34.1 Å². The molecule has 0 bridgehead atoms. The third-order valence-electron chi connectivity index (χ3n) is 7.15. The second kappa shape index (κ2) is 17.1. The highest BCUT2D eigenvalue weighted by molar-refractivity contribution is 6.31. The van der Waals surface area contributed by atoms with Crippen LogP contribution in [0.2, 0.25) is 15.1 Å². The standard InChI is InChI=1S/C38H38Cl3NO9/c1-21(2)33(43)49-35(46-27-14-8-24(39)9-15-27)30-20-42-23(5)32(48-37(45)38(6,7)51-29-18-12-26(41)13-19-29)31(30)36(50-34(44)22(3)4)47-28-16-10-25(40)11-17-28/h8-22,35-36H,1-7H3. The Kier molecular flexibility index (Phi) is 13.2. The van der Waals surface area contributed by atoms with Gasteiger partial charge in [0, 0.05) is 21.3 Å². The fourth-order valence-electron chi connectivity index (χ4n) is 4.28. The number of carbonyl (C=O) groups is 3. The summed E-state index contributed by atoms with van der Waals surface area (Å²) in [5.41, 5.74) is -1.31. The summed E-state index contributed by atoms with van der Waals surface area (Å²) in [6.07, 6.45) is -1.73. The fraction of sp³-hybridized carbons (Fsp3) is 0.316. The molecule has 4 rings (SSSR count). The molecule has 0 spiro atoms. The van der Waals surface area contributed by atoms with Gasteiger partial charge in [0.15, 0.2) is 5.75 Å². The molecule has 0 aliphatic rings. The van der Waals surface area contributed by atoms with E-state index < -0.39 is 47.9 Å². The number of halogens is 3. The number of esters is 3. The lowest BCUT2D eigenvalue weighted by atomic mass is 10.0. The van der Waals surface area contributed by atoms with E-state index in [1.807, 2.05) is 0 Å². The summed E-state index contributed by atoms with van der Waals surface area (Å²) in [6.45, 7) is 11.2. The molecule has 4 aromatic rings. The second-order valence-electron chi connectivity index (χ2n) is 12.5. The average molecular weight is 759 g/mol. The van der Waals surface area contributed by atoms with Gasteiger partial charge in [-0.3, -0.25) is 14.6 Å². The first-order valence-electron chi connectivity index (χ1n) is 16.0. The van der Waals surface area contributed by atoms with E-state index in [1.165, 1.54) is 20.0 Å². The fourth-order valence-corrected chi connectivity index (χ4v) is 4.66. The van der Waals surface area contributed by atoms with E-state index in [4.69, 9.17) is 63.2 Å². The quantitative estimate of drug-likeness (QED) is 0.0908. The van der Waals surface area contributed by atoms with Gasteiger partial charge in [0.1, 0.15) is 17.2 Å². The SMILES string of the molecule is Cc1ncc(C(OC(=O)C(C)C)Oc2ccc(Cl)cc2)c(C(OC(=O)C(C)C)Oc2ccc(Cl)cc2)c1OC(=O)C(C)(C)Oc1ccc(Cl)cc1. The van der Waals surface area contributed by atoms with Crippen LogP contribution in [0, 0.1) is 18.8 Å². The van der Waals surface area contributed by atoms with Crippen LogP contribution < -0.4 is 18.9 Å². The van der Waals surface area contributed by atoms with Gasteiger partial charge in [0.2, 0.25) is 5.60 Å². The van der Waals surface area contributed by atoms with Crippen molar-refractivity contribution in [2.45, 2.75) is 66.6 Å². The Hall–Kier alpha value is -4.51. The maximum absolute atomic E-state index is 13.9. The van der Waals surface area contributed by atoms with Gasteiger partial charge < -0.3 is 28.4 Å². The summed E-state index contributed by atoms with van der Waals surface area (Å²) in [4.78, 5) is 44.8. The summed E-state index contributed by atoms with van der Waals surface area (Å²) < 4.78 is 36.4. The molecule has 13 heteroatoms. The summed E-state index contributed by atoms with van der Waals surface area (Å²) in [7, 11) is 0. The molecule has 2 atom stereocenters. The Balaban J connectivity index is 1.92. The number of benzene rings is 3. The highest BCUT2D eigenvalue weighted by atomic mass is 35.5. The Morgan fingerprint density at radius 2 is 1.06 bits per heavy atom. The zero-order chi connectivity index (χ0) is 37.5. The third-order valence-corrected chi connectivity index (χ3v) is 7.90. The zero-order valence-corrected chi connectivity index (χ0v) is 31.3. The van der Waals surface area contributed by atoms with Gasteiger partial charge in [-0.05, 0) is 93.6 Å². The molecule has 51 heavy (non-hydrogen) atoms. The topological polar surface area (TPSA) is 119 Å². The van der Waals surface area contributed by atoms with Crippen LogP contribution in [0.5, 0.6) is 23.0 Å². The van der Waals surface area contributed by atoms with Crippen LogP contribution >= 0.6 is 34.8 Å². The molecule has 0 saturated carbocycles. The largest absolute Gasteiger partial charge is 0.476 e. The molecule has 0 N–H and O–H groups in total. The summed E-state index contributed by atoms with van der Waals surface area (Å²) in [5, 5.41) is 1.38. The number of nitrogens with zero attached hydrogens (tertiary/aromatic N) is 1. The second-order valence-corrected chi connectivity index (χ2v) is 13.8. The number of ether oxygens (including phenoxy) is 6. The van der Waals surface area contributed by atoms with Crippen molar-refractivity contribution in [1.29, 1.82) is 0 Å². The first-order valence-corrected chi connectivity index (χ1v) is 17.1. The minimum atomic E-state index is -1.59. The maximum atomic E-state index is 13.9. The summed E-state index contributed by atoms with van der Waals surface area (Å²) in [6, 6.07) is 19.1. The first-order chi connectivity index (χ1) is 24.0. The molecule has 0 radical (unpaired) electrons. The number of aryl methyl sites for hydroxylation is 1. The van der Waals surface area contributed by atoms with Gasteiger partial charge in [-0.25, -0.2) is 4.79 Å². The molecular weight excluding hydrogens is 721 g/mol. The van der Waals surface area contributed by atoms with E-state index in [9.17, 15) is 14.4 Å². The number of hydrogen-bond acceptors (Lipinski definition) is 10. The summed E-state index contributed by atoms with van der Waals surface area (Å²) in [5.74, 6) is -2.52. The number of hydrogen-bond donors (Lipinski definition) is 0. The van der Waals surface area contributed by atoms with Crippen LogP contribution in [0.25, 0.3) is 0 Å². The van der Waals surface area contributed by atoms with Crippen molar-refractivity contribution in [2.75, 3.05) is 0 Å². The molecule has 0 amide bonds. The van der Waals surface area contributed by atoms with Crippen molar-refractivity contribution in [3.63, 3.8) is 0 Å². The molecule has 0 aliphatic carbocycles. The number of carbonyl (C=O) groups excluding carboxylic acids is 3. The molecule has 3 aromatic carbocycles. The van der Waals surface area contributed by atoms with Crippen molar-refractivity contribution < 1.29 is 42.8 Å². The van der Waals surface area contributed by atoms with Gasteiger partial charge >= 0.3 is 17.9 Å². The first kappa shape index (κ1) is 39.3. The van der Waals surface area contributed by atoms with Crippen LogP contribution in [-0.4, -0.2) is 28.5 Å². The molecule has 1 aromatic heterocycles. The smallest absolute Gasteiger partial charge is 0.355 e. The lowest BCUT2D eigenvalue weighted by Gasteiger charge is -2.30. The van der Waals surface area contributed by atoms with Crippen LogP contribution in [0.4, 0.5) is 0 Å². The monoisotopic (exact) mass is 757 g/mol. The van der Waals surface area contributed by atoms with Crippen molar-refractivity contribution in [3.8, 4) is 23.0 Å². The molecule has 2 unspecified atom stereocenters. The molecule has 0 fully saturated rings. The van der Waals surface area contributed by atoms with Crippen molar-refractivity contribution >= 4 is 52.7 Å². The zero-order valence-electron chi connectivity index (χ0n) is 29.1. The predicted octanol–water partition coefficient (Wildman–Crippen LogP) is 9.67. The molecular formula is C38H38Cl3NO9. The molecule has 1 heterocycles. The van der Waals surface area contributed by atoms with E-state index in [1.54, 1.807) is 107 Å². The van der Waals surface area contributed by atoms with Crippen LogP contribution in [0.1, 0.15) is 70.9 Å². The lowest BCUT2D eigenvalue weighted by molar-refractivity contribution is -0.174. The van der Waals surface area contributed by atoms with Crippen LogP contribution in [0.15, 0.2) is 79.0 Å². The van der Waals surface area contributed by atoms with Gasteiger partial charge in [-0.1, -0.05) is 62.5 Å². The number of aromatic nitrogens is 1. The summed E-state index contributed by atoms with van der Waals surface area (Å²) >= 11 is 18.3. The van der Waals surface area contributed by atoms with E-state index in [2.05, 4.69) is 4.98 Å². The minimum Gasteiger partial charge on any atom is -0.476 e. The molecule has 0 saturated heterocycles. The highest BCUT2D eigenvalue weighted by Crippen LogP contribution is 2.41. The van der Waals surface area contributed by atoms with Crippen LogP contribution in [0.3, 0.4) is 0 Å².